The molecule has 0 aliphatic carbocycles. The molecule has 0 aromatic rings. The number of rotatable bonds is 5. The third-order valence-corrected chi connectivity index (χ3v) is 1.69. The number of nitrogens with one attached hydrogen (secondary N) is 1. The van der Waals surface area contributed by atoms with E-state index in [0.29, 0.717) is 5.41 Å². The minimum absolute atomic E-state index is 0.422. The van der Waals surface area contributed by atoms with Gasteiger partial charge in [-0.1, -0.05) is 54.0 Å². The second kappa shape index (κ2) is 15.7. The molecule has 0 spiro atoms. The molecule has 0 amide bonds. The Bertz CT molecular complexity index is 138. The van der Waals surface area contributed by atoms with E-state index in [1.165, 1.54) is 31.5 Å². The Morgan fingerprint density at radius 1 is 1.00 bits per heavy atom. The molecule has 0 saturated carbocycles. The normalized spacial score (nSPS) is 9.65. The van der Waals surface area contributed by atoms with Gasteiger partial charge in [-0.05, 0) is 44.7 Å². The van der Waals surface area contributed by atoms with Crippen LogP contribution in [0.2, 0.25) is 0 Å². The summed E-state index contributed by atoms with van der Waals surface area (Å²) < 4.78 is 0. The van der Waals surface area contributed by atoms with E-state index >= 15 is 0 Å². The molecular formula is C16H37N. The van der Waals surface area contributed by atoms with E-state index in [1.807, 2.05) is 13.8 Å². The van der Waals surface area contributed by atoms with Gasteiger partial charge in [0.05, 0.1) is 0 Å². The maximum atomic E-state index is 3.84. The summed E-state index contributed by atoms with van der Waals surface area (Å²) in [5.41, 5.74) is 1.70. The molecule has 0 radical (unpaired) electrons. The Labute approximate surface area is 111 Å². The molecule has 0 unspecified atom stereocenters. The van der Waals surface area contributed by atoms with Crippen molar-refractivity contribution < 1.29 is 0 Å². The van der Waals surface area contributed by atoms with Crippen molar-refractivity contribution in [1.29, 1.82) is 0 Å². The van der Waals surface area contributed by atoms with Crippen molar-refractivity contribution in [3.8, 4) is 0 Å². The lowest BCUT2D eigenvalue weighted by Crippen LogP contribution is -2.14. The van der Waals surface area contributed by atoms with Crippen molar-refractivity contribution in [2.75, 3.05) is 13.1 Å². The number of hydrogen-bond donors (Lipinski definition) is 1. The molecule has 0 aliphatic heterocycles. The van der Waals surface area contributed by atoms with Crippen LogP contribution < -0.4 is 5.32 Å². The van der Waals surface area contributed by atoms with Gasteiger partial charge in [-0.3, -0.25) is 0 Å². The van der Waals surface area contributed by atoms with Crippen LogP contribution in [0.15, 0.2) is 12.2 Å². The van der Waals surface area contributed by atoms with Gasteiger partial charge in [-0.15, -0.1) is 6.58 Å². The summed E-state index contributed by atoms with van der Waals surface area (Å²) in [7, 11) is 0. The lowest BCUT2D eigenvalue weighted by molar-refractivity contribution is 0.410. The SMILES string of the molecule is C=C(C)CC(C)(C)C.CC.CCCNCCC. The summed E-state index contributed by atoms with van der Waals surface area (Å²) in [6.45, 7) is 23.3. The van der Waals surface area contributed by atoms with Gasteiger partial charge >= 0.3 is 0 Å². The first kappa shape index (κ1) is 21.9. The van der Waals surface area contributed by atoms with Gasteiger partial charge in [0.1, 0.15) is 0 Å². The van der Waals surface area contributed by atoms with Gasteiger partial charge < -0.3 is 5.32 Å². The van der Waals surface area contributed by atoms with E-state index in [4.69, 9.17) is 0 Å². The largest absolute Gasteiger partial charge is 0.317 e. The lowest BCUT2D eigenvalue weighted by Gasteiger charge is -2.17. The molecule has 0 atom stereocenters. The fourth-order valence-corrected chi connectivity index (χ4v) is 1.38. The van der Waals surface area contributed by atoms with Crippen molar-refractivity contribution in [3.63, 3.8) is 0 Å². The minimum Gasteiger partial charge on any atom is -0.317 e. The number of allylic oxidation sites excluding steroid dienone is 1. The zero-order valence-corrected chi connectivity index (χ0v) is 13.7. The molecule has 1 nitrogen and oxygen atoms in total. The summed E-state index contributed by atoms with van der Waals surface area (Å²) in [4.78, 5) is 0. The standard InChI is InChI=1S/C8H16.C6H15N.C2H6/c1-7(2)6-8(3,4)5;1-3-5-7-6-4-2;1-2/h1,6H2,2-5H3;7H,3-6H2,1-2H3;1-2H3. The molecule has 1 N–H and O–H groups in total. The highest BCUT2D eigenvalue weighted by Gasteiger charge is 2.08. The van der Waals surface area contributed by atoms with Crippen molar-refractivity contribution in [2.45, 2.75) is 74.7 Å². The van der Waals surface area contributed by atoms with E-state index in [9.17, 15) is 0 Å². The highest BCUT2D eigenvalue weighted by Crippen LogP contribution is 2.22. The quantitative estimate of drug-likeness (QED) is 0.502. The molecule has 0 bridgehead atoms. The zero-order valence-electron chi connectivity index (χ0n) is 13.7. The van der Waals surface area contributed by atoms with Crippen LogP contribution in [-0.2, 0) is 0 Å². The molecule has 0 aromatic carbocycles. The van der Waals surface area contributed by atoms with Gasteiger partial charge in [-0.2, -0.15) is 0 Å². The van der Waals surface area contributed by atoms with E-state index in [-0.39, 0.29) is 0 Å². The van der Waals surface area contributed by atoms with E-state index in [0.717, 1.165) is 6.42 Å². The summed E-state index contributed by atoms with van der Waals surface area (Å²) >= 11 is 0. The van der Waals surface area contributed by atoms with Gasteiger partial charge in [0.2, 0.25) is 0 Å². The van der Waals surface area contributed by atoms with Crippen LogP contribution in [-0.4, -0.2) is 13.1 Å². The second-order valence-electron chi connectivity index (χ2n) is 5.44. The Kier molecular flexibility index (Phi) is 20.3. The third-order valence-electron chi connectivity index (χ3n) is 1.69. The first-order valence-electron chi connectivity index (χ1n) is 7.18. The monoisotopic (exact) mass is 243 g/mol. The minimum atomic E-state index is 0.422. The van der Waals surface area contributed by atoms with Crippen LogP contribution in [0, 0.1) is 5.41 Å². The molecule has 0 rings (SSSR count). The molecular weight excluding hydrogens is 206 g/mol. The van der Waals surface area contributed by atoms with Crippen molar-refractivity contribution in [2.24, 2.45) is 5.41 Å². The highest BCUT2D eigenvalue weighted by atomic mass is 14.8. The highest BCUT2D eigenvalue weighted by molar-refractivity contribution is 4.91. The molecule has 0 heterocycles. The van der Waals surface area contributed by atoms with Gasteiger partial charge in [0, 0.05) is 0 Å². The van der Waals surface area contributed by atoms with Crippen LogP contribution in [0.3, 0.4) is 0 Å². The van der Waals surface area contributed by atoms with Crippen molar-refractivity contribution in [1.82, 2.24) is 5.32 Å². The topological polar surface area (TPSA) is 12.0 Å². The molecule has 0 fully saturated rings. The van der Waals surface area contributed by atoms with Crippen molar-refractivity contribution >= 4 is 0 Å². The smallest absolute Gasteiger partial charge is 0.00516 e. The van der Waals surface area contributed by atoms with E-state index < -0.39 is 0 Å². The van der Waals surface area contributed by atoms with E-state index in [2.05, 4.69) is 53.4 Å². The summed E-state index contributed by atoms with van der Waals surface area (Å²) in [6.07, 6.45) is 3.63. The maximum absolute atomic E-state index is 3.84. The molecule has 0 saturated heterocycles. The van der Waals surface area contributed by atoms with Crippen LogP contribution in [0.1, 0.15) is 74.7 Å². The average molecular weight is 243 g/mol. The Morgan fingerprint density at radius 3 is 1.47 bits per heavy atom. The Morgan fingerprint density at radius 2 is 1.35 bits per heavy atom. The molecule has 1 heteroatoms. The zero-order chi connectivity index (χ0) is 14.3. The van der Waals surface area contributed by atoms with Crippen LogP contribution in [0.5, 0.6) is 0 Å². The van der Waals surface area contributed by atoms with Gasteiger partial charge in [0.15, 0.2) is 0 Å². The van der Waals surface area contributed by atoms with Crippen LogP contribution >= 0.6 is 0 Å². The maximum Gasteiger partial charge on any atom is -0.00516 e. The molecule has 0 aromatic heterocycles. The van der Waals surface area contributed by atoms with Crippen LogP contribution in [0.4, 0.5) is 0 Å². The first-order chi connectivity index (χ1) is 7.83. The third kappa shape index (κ3) is 38.9. The predicted octanol–water partition coefficient (Wildman–Crippen LogP) is 5.42. The summed E-state index contributed by atoms with van der Waals surface area (Å²) in [6, 6.07) is 0. The Hall–Kier alpha value is -0.300. The fraction of sp³-hybridized carbons (Fsp3) is 0.875. The van der Waals surface area contributed by atoms with Gasteiger partial charge in [-0.25, -0.2) is 0 Å². The summed E-state index contributed by atoms with van der Waals surface area (Å²) in [5, 5.41) is 3.28. The summed E-state index contributed by atoms with van der Waals surface area (Å²) in [5.74, 6) is 0. The van der Waals surface area contributed by atoms with E-state index in [1.54, 1.807) is 0 Å². The molecule has 0 aliphatic rings. The molecule has 106 valence electrons. The first-order valence-corrected chi connectivity index (χ1v) is 7.18. The molecule has 17 heavy (non-hydrogen) atoms. The number of hydrogen-bond acceptors (Lipinski definition) is 1. The Balaban J connectivity index is -0.000000202. The lowest BCUT2D eigenvalue weighted by atomic mass is 9.89. The fourth-order valence-electron chi connectivity index (χ4n) is 1.38. The average Bonchev–Trinajstić information content (AvgIpc) is 2.19. The van der Waals surface area contributed by atoms with Crippen LogP contribution in [0.25, 0.3) is 0 Å². The van der Waals surface area contributed by atoms with Crippen molar-refractivity contribution in [3.05, 3.63) is 12.2 Å². The predicted molar refractivity (Wildman–Crippen MR) is 83.7 cm³/mol. The van der Waals surface area contributed by atoms with Gasteiger partial charge in [0.25, 0.3) is 0 Å². The second-order valence-corrected chi connectivity index (χ2v) is 5.44.